The van der Waals surface area contributed by atoms with Gasteiger partial charge in [0.25, 0.3) is 0 Å². The normalized spacial score (nSPS) is 23.9. The number of anilines is 1. The van der Waals surface area contributed by atoms with Gasteiger partial charge in [0.1, 0.15) is 30.5 Å². The number of hydrogen-bond donors (Lipinski definition) is 4. The van der Waals surface area contributed by atoms with Gasteiger partial charge in [-0.05, 0) is 27.5 Å². The number of imidazole rings is 1. The molecule has 166 valence electrons. The van der Waals surface area contributed by atoms with Gasteiger partial charge in [-0.25, -0.2) is 20.4 Å². The van der Waals surface area contributed by atoms with Gasteiger partial charge >= 0.3 is 0 Å². The summed E-state index contributed by atoms with van der Waals surface area (Å²) in [6.07, 6.45) is -2.36. The second kappa shape index (κ2) is 9.53. The Balaban J connectivity index is 1.60. The molecule has 1 aliphatic heterocycles. The van der Waals surface area contributed by atoms with Crippen LogP contribution in [-0.2, 0) is 14.3 Å². The molecular formula is C18H29N7O5. The maximum atomic E-state index is 10.6. The number of aliphatic hydroxyl groups excluding tert-OH is 2. The molecule has 5 N–H and O–H groups in total. The molecule has 1 fully saturated rings. The van der Waals surface area contributed by atoms with E-state index in [9.17, 15) is 10.2 Å². The van der Waals surface area contributed by atoms with Crippen molar-refractivity contribution in [2.24, 2.45) is 0 Å². The molecule has 3 rings (SSSR count). The molecule has 4 atom stereocenters. The van der Waals surface area contributed by atoms with E-state index in [1.54, 1.807) is 11.5 Å². The summed E-state index contributed by atoms with van der Waals surface area (Å²) >= 11 is 0. The Morgan fingerprint density at radius 1 is 1.40 bits per heavy atom. The first-order chi connectivity index (χ1) is 14.3. The predicted molar refractivity (Wildman–Crippen MR) is 108 cm³/mol. The van der Waals surface area contributed by atoms with Crippen molar-refractivity contribution in [3.05, 3.63) is 24.6 Å². The first-order valence-electron chi connectivity index (χ1n) is 9.68. The summed E-state index contributed by atoms with van der Waals surface area (Å²) in [5.74, 6) is 1.14. The second-order valence-electron chi connectivity index (χ2n) is 7.08. The molecule has 2 aromatic heterocycles. The fraction of sp³-hybridized carbons (Fsp3) is 0.611. The summed E-state index contributed by atoms with van der Waals surface area (Å²) in [5, 5.41) is 21.1. The zero-order valence-electron chi connectivity index (χ0n) is 17.4. The summed E-state index contributed by atoms with van der Waals surface area (Å²) < 4.78 is 12.8. The Labute approximate surface area is 174 Å². The third-order valence-corrected chi connectivity index (χ3v) is 4.84. The molecular weight excluding hydrogens is 394 g/mol. The highest BCUT2D eigenvalue weighted by atomic mass is 16.7. The van der Waals surface area contributed by atoms with Gasteiger partial charge in [-0.15, -0.1) is 0 Å². The van der Waals surface area contributed by atoms with Gasteiger partial charge in [0.2, 0.25) is 5.88 Å². The minimum absolute atomic E-state index is 0.242. The third-order valence-electron chi connectivity index (χ3n) is 4.84. The Hall–Kier alpha value is -2.51. The number of aromatic nitrogens is 4. The number of likely N-dealkylation sites (N-methyl/N-ethyl adjacent to an activating group) is 1. The first-order valence-corrected chi connectivity index (χ1v) is 9.68. The van der Waals surface area contributed by atoms with Crippen molar-refractivity contribution in [1.82, 2.24) is 29.9 Å². The van der Waals surface area contributed by atoms with Crippen molar-refractivity contribution in [2.75, 3.05) is 39.1 Å². The number of aryl methyl sites for hydroxylation is 1. The maximum Gasteiger partial charge on any atom is 0.203 e. The van der Waals surface area contributed by atoms with Gasteiger partial charge in [0.05, 0.1) is 13.2 Å². The topological polar surface area (TPSA) is 153 Å². The summed E-state index contributed by atoms with van der Waals surface area (Å²) in [6, 6.07) is 0. The molecule has 1 aliphatic rings. The minimum atomic E-state index is -1.15. The minimum Gasteiger partial charge on any atom is -0.478 e. The quantitative estimate of drug-likeness (QED) is 0.218. The van der Waals surface area contributed by atoms with Crippen molar-refractivity contribution < 1.29 is 24.5 Å². The van der Waals surface area contributed by atoms with Crippen molar-refractivity contribution >= 4 is 17.0 Å². The van der Waals surface area contributed by atoms with Crippen LogP contribution in [-0.4, -0.2) is 86.3 Å². The predicted octanol–water partition coefficient (Wildman–Crippen LogP) is -0.703. The van der Waals surface area contributed by atoms with E-state index >= 15 is 0 Å². The van der Waals surface area contributed by atoms with Crippen molar-refractivity contribution in [3.8, 4) is 0 Å². The lowest BCUT2D eigenvalue weighted by Gasteiger charge is -2.22. The molecule has 0 bridgehead atoms. The van der Waals surface area contributed by atoms with Crippen LogP contribution in [0.5, 0.6) is 0 Å². The van der Waals surface area contributed by atoms with Crippen LogP contribution >= 0.6 is 0 Å². The van der Waals surface area contributed by atoms with Gasteiger partial charge in [0.15, 0.2) is 23.2 Å². The van der Waals surface area contributed by atoms with Crippen LogP contribution in [0.25, 0.3) is 11.2 Å². The molecule has 3 heterocycles. The zero-order valence-corrected chi connectivity index (χ0v) is 17.4. The monoisotopic (exact) mass is 423 g/mol. The van der Waals surface area contributed by atoms with E-state index in [4.69, 9.17) is 20.0 Å². The molecule has 1 saturated heterocycles. The standard InChI is InChI=1S/C18H29N7O5/c1-5-28-11(3)23-29-7-6-24(4)8-12-14(26)15(27)18(30-12)25-10(2)22-13-16(19)20-9-21-17(13)25/h9,12,14-15,18,23,26-27H,3,5-8H2,1-2,4H3,(H2,19,20,21)/t12-,14?,15?,18-/m1/s1. The number of hydroxylamine groups is 1. The summed E-state index contributed by atoms with van der Waals surface area (Å²) in [4.78, 5) is 19.7. The largest absolute Gasteiger partial charge is 0.478 e. The van der Waals surface area contributed by atoms with E-state index in [-0.39, 0.29) is 5.82 Å². The van der Waals surface area contributed by atoms with E-state index in [0.29, 0.717) is 49.2 Å². The Bertz CT molecular complexity index is 876. The fourth-order valence-electron chi connectivity index (χ4n) is 3.37. The molecule has 30 heavy (non-hydrogen) atoms. The second-order valence-corrected chi connectivity index (χ2v) is 7.08. The molecule has 0 radical (unpaired) electrons. The lowest BCUT2D eigenvalue weighted by Crippen LogP contribution is -2.39. The number of nitrogen functional groups attached to an aromatic ring is 1. The average Bonchev–Trinajstić information content (AvgIpc) is 3.17. The molecule has 12 nitrogen and oxygen atoms in total. The SMILES string of the molecule is C=C(NOCCN(C)C[C@H]1O[C@@H](n2c(C)nc3c(N)ncnc32)C(O)C1O)OCC. The molecule has 0 aromatic carbocycles. The highest BCUT2D eigenvalue weighted by Crippen LogP contribution is 2.33. The lowest BCUT2D eigenvalue weighted by atomic mass is 10.1. The highest BCUT2D eigenvalue weighted by molar-refractivity contribution is 5.81. The number of nitrogens with two attached hydrogens (primary N) is 1. The number of fused-ring (bicyclic) bond motifs is 1. The number of nitrogens with one attached hydrogen (secondary N) is 1. The molecule has 0 amide bonds. The lowest BCUT2D eigenvalue weighted by molar-refractivity contribution is -0.0470. The summed E-state index contributed by atoms with van der Waals surface area (Å²) in [7, 11) is 1.86. The molecule has 2 unspecified atom stereocenters. The van der Waals surface area contributed by atoms with E-state index in [1.165, 1.54) is 6.33 Å². The van der Waals surface area contributed by atoms with E-state index in [2.05, 4.69) is 27.0 Å². The number of rotatable bonds is 10. The van der Waals surface area contributed by atoms with Gasteiger partial charge in [0, 0.05) is 13.1 Å². The zero-order chi connectivity index (χ0) is 21.8. The van der Waals surface area contributed by atoms with Crippen LogP contribution in [0.2, 0.25) is 0 Å². The van der Waals surface area contributed by atoms with Gasteiger partial charge in [-0.1, -0.05) is 0 Å². The molecule has 12 heteroatoms. The smallest absolute Gasteiger partial charge is 0.203 e. The fourth-order valence-corrected chi connectivity index (χ4v) is 3.37. The van der Waals surface area contributed by atoms with Gasteiger partial charge < -0.3 is 30.3 Å². The number of ether oxygens (including phenoxy) is 2. The van der Waals surface area contributed by atoms with E-state index < -0.39 is 24.5 Å². The molecule has 2 aromatic rings. The van der Waals surface area contributed by atoms with Crippen LogP contribution < -0.4 is 11.2 Å². The van der Waals surface area contributed by atoms with Crippen LogP contribution in [0.1, 0.15) is 19.0 Å². The van der Waals surface area contributed by atoms with Gasteiger partial charge in [-0.3, -0.25) is 9.40 Å². The third kappa shape index (κ3) is 4.63. The molecule has 0 saturated carbocycles. The van der Waals surface area contributed by atoms with Gasteiger partial charge in [-0.2, -0.15) is 0 Å². The highest BCUT2D eigenvalue weighted by Gasteiger charge is 2.45. The molecule has 0 aliphatic carbocycles. The maximum absolute atomic E-state index is 10.6. The first kappa shape index (κ1) is 22.2. The average molecular weight is 423 g/mol. The van der Waals surface area contributed by atoms with Crippen molar-refractivity contribution in [1.29, 1.82) is 0 Å². The number of aliphatic hydroxyl groups is 2. The van der Waals surface area contributed by atoms with Crippen LogP contribution in [0.3, 0.4) is 0 Å². The Kier molecular flexibility index (Phi) is 7.05. The Morgan fingerprint density at radius 2 is 2.17 bits per heavy atom. The Morgan fingerprint density at radius 3 is 2.90 bits per heavy atom. The number of nitrogens with zero attached hydrogens (tertiary/aromatic N) is 5. The van der Waals surface area contributed by atoms with E-state index in [0.717, 1.165) is 0 Å². The summed E-state index contributed by atoms with van der Waals surface area (Å²) in [5.41, 5.74) is 9.35. The number of hydrogen-bond acceptors (Lipinski definition) is 11. The van der Waals surface area contributed by atoms with E-state index in [1.807, 2.05) is 18.9 Å². The van der Waals surface area contributed by atoms with Crippen LogP contribution in [0.4, 0.5) is 5.82 Å². The summed E-state index contributed by atoms with van der Waals surface area (Å²) in [6.45, 7) is 9.05. The van der Waals surface area contributed by atoms with Crippen molar-refractivity contribution in [3.63, 3.8) is 0 Å². The van der Waals surface area contributed by atoms with Crippen molar-refractivity contribution in [2.45, 2.75) is 38.4 Å². The van der Waals surface area contributed by atoms with Crippen LogP contribution in [0, 0.1) is 6.92 Å². The van der Waals surface area contributed by atoms with Crippen LogP contribution in [0.15, 0.2) is 18.8 Å². The molecule has 0 spiro atoms.